The van der Waals surface area contributed by atoms with Gasteiger partial charge in [-0.3, -0.25) is 9.59 Å². The second-order valence-electron chi connectivity index (χ2n) is 7.24. The number of morpholine rings is 1. The van der Waals surface area contributed by atoms with Crippen LogP contribution in [0.1, 0.15) is 5.56 Å². The molecule has 30 heavy (non-hydrogen) atoms. The van der Waals surface area contributed by atoms with Crippen LogP contribution >= 0.6 is 0 Å². The Morgan fingerprint density at radius 1 is 0.967 bits per heavy atom. The van der Waals surface area contributed by atoms with Crippen LogP contribution < -0.4 is 20.4 Å². The first kappa shape index (κ1) is 21.3. The van der Waals surface area contributed by atoms with Gasteiger partial charge in [-0.25, -0.2) is 0 Å². The number of ether oxygens (including phenoxy) is 1. The van der Waals surface area contributed by atoms with Gasteiger partial charge >= 0.3 is 0 Å². The molecule has 0 radical (unpaired) electrons. The third-order valence-electron chi connectivity index (χ3n) is 4.75. The number of anilines is 3. The Morgan fingerprint density at radius 3 is 1.97 bits per heavy atom. The largest absolute Gasteiger partial charge is 0.378 e. The van der Waals surface area contributed by atoms with E-state index < -0.39 is 0 Å². The maximum atomic E-state index is 12.3. The van der Waals surface area contributed by atoms with Gasteiger partial charge in [0.25, 0.3) is 11.8 Å². The summed E-state index contributed by atoms with van der Waals surface area (Å²) in [6.07, 6.45) is 0. The van der Waals surface area contributed by atoms with Gasteiger partial charge in [-0.15, -0.1) is 0 Å². The molecule has 1 heterocycles. The molecule has 3 rings (SSSR count). The molecule has 1 saturated heterocycles. The molecule has 1 aliphatic heterocycles. The molecule has 2 aromatic carbocycles. The van der Waals surface area contributed by atoms with E-state index in [1.54, 1.807) is 31.3 Å². The summed E-state index contributed by atoms with van der Waals surface area (Å²) in [7, 11) is 1.79. The predicted octanol–water partition coefficient (Wildman–Crippen LogP) is 0.487. The van der Waals surface area contributed by atoms with Crippen LogP contribution in [0.2, 0.25) is 0 Å². The van der Waals surface area contributed by atoms with Crippen molar-refractivity contribution < 1.29 is 19.2 Å². The minimum Gasteiger partial charge on any atom is -0.378 e. The second-order valence-corrected chi connectivity index (χ2v) is 7.24. The average molecular weight is 408 g/mol. The van der Waals surface area contributed by atoms with Gasteiger partial charge in [0, 0.05) is 30.2 Å². The summed E-state index contributed by atoms with van der Waals surface area (Å²) in [5.74, 6) is -0.349. The van der Waals surface area contributed by atoms with Crippen LogP contribution in [0.5, 0.6) is 0 Å². The lowest BCUT2D eigenvalue weighted by Crippen LogP contribution is -3.11. The number of amides is 2. The van der Waals surface area contributed by atoms with Crippen LogP contribution in [0, 0.1) is 11.3 Å². The Hall–Kier alpha value is -3.41. The fourth-order valence-corrected chi connectivity index (χ4v) is 3.23. The fraction of sp³-hybridized carbons (Fsp3) is 0.318. The van der Waals surface area contributed by atoms with E-state index >= 15 is 0 Å². The van der Waals surface area contributed by atoms with E-state index in [1.807, 2.05) is 30.3 Å². The second kappa shape index (κ2) is 10.4. The number of rotatable bonds is 7. The zero-order valence-corrected chi connectivity index (χ0v) is 17.0. The third kappa shape index (κ3) is 6.30. The Balaban J connectivity index is 1.43. The smallest absolute Gasteiger partial charge is 0.279 e. The van der Waals surface area contributed by atoms with Gasteiger partial charge in [0.1, 0.15) is 0 Å². The molecule has 1 atom stereocenters. The topological polar surface area (TPSA) is 98.9 Å². The van der Waals surface area contributed by atoms with Crippen molar-refractivity contribution in [2.75, 3.05) is 62.0 Å². The van der Waals surface area contributed by atoms with Crippen molar-refractivity contribution in [1.82, 2.24) is 0 Å². The number of hydrogen-bond donors (Lipinski definition) is 3. The molecule has 0 aromatic heterocycles. The van der Waals surface area contributed by atoms with Gasteiger partial charge in [-0.2, -0.15) is 5.26 Å². The first-order valence-corrected chi connectivity index (χ1v) is 9.87. The maximum Gasteiger partial charge on any atom is 0.279 e. The fourth-order valence-electron chi connectivity index (χ4n) is 3.23. The van der Waals surface area contributed by atoms with Gasteiger partial charge in [0.2, 0.25) is 0 Å². The van der Waals surface area contributed by atoms with Crippen molar-refractivity contribution in [1.29, 1.82) is 5.26 Å². The number of hydrogen-bond acceptors (Lipinski definition) is 5. The number of nitrogens with one attached hydrogen (secondary N) is 3. The summed E-state index contributed by atoms with van der Waals surface area (Å²) in [6, 6.07) is 16.4. The normalized spacial score (nSPS) is 14.5. The molecule has 8 heteroatoms. The third-order valence-corrected chi connectivity index (χ3v) is 4.75. The van der Waals surface area contributed by atoms with Gasteiger partial charge in [0.15, 0.2) is 13.1 Å². The van der Waals surface area contributed by atoms with Crippen molar-refractivity contribution >= 4 is 28.9 Å². The van der Waals surface area contributed by atoms with Crippen molar-refractivity contribution in [3.8, 4) is 6.07 Å². The van der Waals surface area contributed by atoms with E-state index in [-0.39, 0.29) is 24.9 Å². The maximum absolute atomic E-state index is 12.3. The van der Waals surface area contributed by atoms with Crippen molar-refractivity contribution in [2.24, 2.45) is 0 Å². The molecule has 1 aliphatic rings. The molecule has 0 aliphatic carbocycles. The molecule has 1 fully saturated rings. The summed E-state index contributed by atoms with van der Waals surface area (Å²) < 4.78 is 5.36. The SMILES string of the molecule is C[NH+](CC(=O)Nc1ccc(C#N)cc1)CC(=O)Nc1ccc(N2CCOCC2)cc1. The highest BCUT2D eigenvalue weighted by Gasteiger charge is 2.15. The van der Waals surface area contributed by atoms with E-state index in [0.29, 0.717) is 11.3 Å². The monoisotopic (exact) mass is 408 g/mol. The van der Waals surface area contributed by atoms with E-state index in [9.17, 15) is 9.59 Å². The lowest BCUT2D eigenvalue weighted by Gasteiger charge is -2.28. The minimum absolute atomic E-state index is 0.155. The number of quaternary nitrogens is 1. The van der Waals surface area contributed by atoms with Gasteiger partial charge in [-0.1, -0.05) is 0 Å². The zero-order chi connectivity index (χ0) is 21.3. The highest BCUT2D eigenvalue weighted by molar-refractivity contribution is 5.93. The first-order chi connectivity index (χ1) is 14.5. The highest BCUT2D eigenvalue weighted by Crippen LogP contribution is 2.18. The Kier molecular flexibility index (Phi) is 7.38. The lowest BCUT2D eigenvalue weighted by molar-refractivity contribution is -0.862. The average Bonchev–Trinajstić information content (AvgIpc) is 2.75. The summed E-state index contributed by atoms with van der Waals surface area (Å²) in [5, 5.41) is 14.5. The Bertz CT molecular complexity index is 900. The summed E-state index contributed by atoms with van der Waals surface area (Å²) in [5.41, 5.74) is 2.99. The van der Waals surface area contributed by atoms with Crippen molar-refractivity contribution in [3.05, 3.63) is 54.1 Å². The van der Waals surface area contributed by atoms with Gasteiger partial charge in [0.05, 0.1) is 31.9 Å². The molecule has 8 nitrogen and oxygen atoms in total. The first-order valence-electron chi connectivity index (χ1n) is 9.87. The molecule has 0 spiro atoms. The molecule has 1 unspecified atom stereocenters. The van der Waals surface area contributed by atoms with E-state index in [4.69, 9.17) is 10.00 Å². The number of carbonyl (C=O) groups is 2. The minimum atomic E-state index is -0.195. The Morgan fingerprint density at radius 2 is 1.47 bits per heavy atom. The molecular formula is C22H26N5O3+. The standard InChI is InChI=1S/C22H25N5O3/c1-26(15-21(28)24-18-4-2-17(14-23)3-5-18)16-22(29)25-19-6-8-20(9-7-19)27-10-12-30-13-11-27/h2-9H,10-13,15-16H2,1H3,(H,24,28)(H,25,29)/p+1. The van der Waals surface area contributed by atoms with E-state index in [2.05, 4.69) is 15.5 Å². The lowest BCUT2D eigenvalue weighted by atomic mass is 10.2. The number of likely N-dealkylation sites (N-methyl/N-ethyl adjacent to an activating group) is 1. The summed E-state index contributed by atoms with van der Waals surface area (Å²) in [4.78, 5) is 27.5. The predicted molar refractivity (Wildman–Crippen MR) is 115 cm³/mol. The van der Waals surface area contributed by atoms with Crippen molar-refractivity contribution in [3.63, 3.8) is 0 Å². The number of nitriles is 1. The van der Waals surface area contributed by atoms with Gasteiger partial charge < -0.3 is 25.2 Å². The van der Waals surface area contributed by atoms with Crippen LogP contribution in [0.15, 0.2) is 48.5 Å². The molecule has 0 saturated carbocycles. The summed E-state index contributed by atoms with van der Waals surface area (Å²) in [6.45, 7) is 3.52. The van der Waals surface area contributed by atoms with Crippen LogP contribution in [0.3, 0.4) is 0 Å². The number of nitrogens with zero attached hydrogens (tertiary/aromatic N) is 2. The quantitative estimate of drug-likeness (QED) is 0.619. The number of carbonyl (C=O) groups excluding carboxylic acids is 2. The van der Waals surface area contributed by atoms with Crippen LogP contribution in [0.25, 0.3) is 0 Å². The molecule has 2 amide bonds. The van der Waals surface area contributed by atoms with Crippen molar-refractivity contribution in [2.45, 2.75) is 0 Å². The molecular weight excluding hydrogens is 382 g/mol. The van der Waals surface area contributed by atoms with Crippen LogP contribution in [0.4, 0.5) is 17.1 Å². The zero-order valence-electron chi connectivity index (χ0n) is 17.0. The van der Waals surface area contributed by atoms with Crippen LogP contribution in [-0.4, -0.2) is 58.3 Å². The highest BCUT2D eigenvalue weighted by atomic mass is 16.5. The summed E-state index contributed by atoms with van der Waals surface area (Å²) >= 11 is 0. The van der Waals surface area contributed by atoms with E-state index in [1.165, 1.54) is 0 Å². The molecule has 2 aromatic rings. The molecule has 156 valence electrons. The van der Waals surface area contributed by atoms with Crippen LogP contribution in [-0.2, 0) is 14.3 Å². The Labute approximate surface area is 176 Å². The number of benzene rings is 2. The van der Waals surface area contributed by atoms with E-state index in [0.717, 1.165) is 42.6 Å². The van der Waals surface area contributed by atoms with Gasteiger partial charge in [-0.05, 0) is 48.5 Å². The molecule has 0 bridgehead atoms. The molecule has 3 N–H and O–H groups in total.